The molecular weight excluding hydrogens is 423 g/mol. The van der Waals surface area contributed by atoms with Gasteiger partial charge in [0.1, 0.15) is 0 Å². The van der Waals surface area contributed by atoms with E-state index in [0.29, 0.717) is 22.0 Å². The van der Waals surface area contributed by atoms with Crippen LogP contribution in [0.1, 0.15) is 35.4 Å². The van der Waals surface area contributed by atoms with E-state index in [2.05, 4.69) is 65.6 Å². The van der Waals surface area contributed by atoms with Crippen molar-refractivity contribution >= 4 is 29.4 Å². The summed E-state index contributed by atoms with van der Waals surface area (Å²) < 4.78 is 0. The number of nitrogens with zero attached hydrogens (tertiary/aromatic N) is 2. The van der Waals surface area contributed by atoms with Crippen molar-refractivity contribution in [2.45, 2.75) is 30.8 Å². The number of aliphatic imine (C=N–C) groups is 1. The Morgan fingerprint density at radius 1 is 0.774 bits per heavy atom. The van der Waals surface area contributed by atoms with Crippen molar-refractivity contribution < 1.29 is 0 Å². The van der Waals surface area contributed by atoms with Crippen LogP contribution in [-0.2, 0) is 0 Å². The first kappa shape index (κ1) is 20.8. The van der Waals surface area contributed by atoms with Crippen molar-refractivity contribution in [3.63, 3.8) is 0 Å². The zero-order valence-electron chi connectivity index (χ0n) is 17.4. The molecule has 0 radical (unpaired) electrons. The average molecular weight is 449 g/mol. The first-order chi connectivity index (χ1) is 15.2. The SMILES string of the molecule is Clc1cccc(Cl)c1/C=N/[C@@H]1C2CCN(CC2)[C@H]1C(c1ccccc1)c1ccccc1. The van der Waals surface area contributed by atoms with Crippen LogP contribution in [0.15, 0.2) is 83.9 Å². The molecular formula is C27H26Cl2N2. The molecule has 3 aromatic carbocycles. The Morgan fingerprint density at radius 2 is 1.32 bits per heavy atom. The third-order valence-electron chi connectivity index (χ3n) is 6.86. The quantitative estimate of drug-likeness (QED) is 0.396. The topological polar surface area (TPSA) is 15.6 Å². The second-order valence-corrected chi connectivity index (χ2v) is 9.38. The van der Waals surface area contributed by atoms with E-state index in [1.807, 2.05) is 24.4 Å². The highest BCUT2D eigenvalue weighted by atomic mass is 35.5. The summed E-state index contributed by atoms with van der Waals surface area (Å²) in [6.07, 6.45) is 4.31. The fraction of sp³-hybridized carbons (Fsp3) is 0.296. The molecule has 0 spiro atoms. The van der Waals surface area contributed by atoms with E-state index in [4.69, 9.17) is 28.2 Å². The van der Waals surface area contributed by atoms with Crippen LogP contribution in [0.25, 0.3) is 0 Å². The first-order valence-corrected chi connectivity index (χ1v) is 11.8. The van der Waals surface area contributed by atoms with Gasteiger partial charge in [-0.1, -0.05) is 89.9 Å². The standard InChI is InChI=1S/C27H26Cl2N2/c28-23-12-7-13-24(29)22(23)18-30-26-21-14-16-31(17-15-21)27(26)25(19-8-3-1-4-9-19)20-10-5-2-6-11-20/h1-13,18,21,25-27H,14-17H2/b30-18+/t26-,27+/m1/s1. The second kappa shape index (κ2) is 9.16. The highest BCUT2D eigenvalue weighted by molar-refractivity contribution is 6.38. The van der Waals surface area contributed by atoms with Crippen LogP contribution in [0.2, 0.25) is 10.0 Å². The summed E-state index contributed by atoms with van der Waals surface area (Å²) in [6, 6.07) is 27.9. The normalized spacial score (nSPS) is 25.4. The molecule has 2 atom stereocenters. The van der Waals surface area contributed by atoms with Gasteiger partial charge in [-0.05, 0) is 55.1 Å². The van der Waals surface area contributed by atoms with Crippen LogP contribution < -0.4 is 0 Å². The maximum Gasteiger partial charge on any atom is 0.0693 e. The Labute approximate surface area is 194 Å². The van der Waals surface area contributed by atoms with Crippen molar-refractivity contribution in [1.82, 2.24) is 4.90 Å². The predicted molar refractivity (Wildman–Crippen MR) is 131 cm³/mol. The molecule has 0 N–H and O–H groups in total. The number of hydrogen-bond acceptors (Lipinski definition) is 2. The monoisotopic (exact) mass is 448 g/mol. The molecule has 3 aromatic rings. The van der Waals surface area contributed by atoms with Crippen molar-refractivity contribution in [2.24, 2.45) is 10.9 Å². The van der Waals surface area contributed by atoms with E-state index in [-0.39, 0.29) is 12.0 Å². The minimum atomic E-state index is 0.209. The molecule has 2 bridgehead atoms. The summed E-state index contributed by atoms with van der Waals surface area (Å²) in [5.41, 5.74) is 3.52. The second-order valence-electron chi connectivity index (χ2n) is 8.57. The van der Waals surface area contributed by atoms with Crippen LogP contribution in [-0.4, -0.2) is 36.3 Å². The molecule has 3 heterocycles. The fourth-order valence-corrected chi connectivity index (χ4v) is 5.87. The number of rotatable bonds is 5. The summed E-state index contributed by atoms with van der Waals surface area (Å²) >= 11 is 12.9. The summed E-state index contributed by atoms with van der Waals surface area (Å²) in [6.45, 7) is 2.29. The van der Waals surface area contributed by atoms with Gasteiger partial charge in [-0.25, -0.2) is 0 Å². The molecule has 3 aliphatic heterocycles. The van der Waals surface area contributed by atoms with Gasteiger partial charge < -0.3 is 0 Å². The fourth-order valence-electron chi connectivity index (χ4n) is 5.37. The molecule has 31 heavy (non-hydrogen) atoms. The molecule has 3 saturated heterocycles. The van der Waals surface area contributed by atoms with E-state index in [1.165, 1.54) is 24.0 Å². The van der Waals surface area contributed by atoms with Crippen molar-refractivity contribution in [2.75, 3.05) is 13.1 Å². The zero-order chi connectivity index (χ0) is 21.2. The summed E-state index contributed by atoms with van der Waals surface area (Å²) in [7, 11) is 0. The Kier molecular flexibility index (Phi) is 6.13. The first-order valence-electron chi connectivity index (χ1n) is 11.0. The molecule has 2 nitrogen and oxygen atoms in total. The van der Waals surface area contributed by atoms with Crippen LogP contribution >= 0.6 is 23.2 Å². The molecule has 0 aromatic heterocycles. The van der Waals surface area contributed by atoms with E-state index in [9.17, 15) is 0 Å². The number of hydrogen-bond donors (Lipinski definition) is 0. The van der Waals surface area contributed by atoms with E-state index < -0.39 is 0 Å². The Balaban J connectivity index is 1.58. The van der Waals surface area contributed by atoms with Crippen molar-refractivity contribution in [3.05, 3.63) is 106 Å². The van der Waals surface area contributed by atoms with Gasteiger partial charge in [-0.2, -0.15) is 0 Å². The lowest BCUT2D eigenvalue weighted by atomic mass is 9.71. The minimum absolute atomic E-state index is 0.209. The Hall–Kier alpha value is -2.13. The molecule has 0 aliphatic carbocycles. The van der Waals surface area contributed by atoms with Gasteiger partial charge in [-0.15, -0.1) is 0 Å². The third-order valence-corrected chi connectivity index (χ3v) is 7.52. The highest BCUT2D eigenvalue weighted by Crippen LogP contribution is 2.43. The summed E-state index contributed by atoms with van der Waals surface area (Å²) in [5, 5.41) is 1.30. The molecule has 0 unspecified atom stereocenters. The van der Waals surface area contributed by atoms with Gasteiger partial charge in [0.05, 0.1) is 16.1 Å². The van der Waals surface area contributed by atoms with Crippen LogP contribution in [0, 0.1) is 5.92 Å². The third kappa shape index (κ3) is 4.17. The van der Waals surface area contributed by atoms with Gasteiger partial charge in [0.25, 0.3) is 0 Å². The summed E-state index contributed by atoms with van der Waals surface area (Å²) in [5.74, 6) is 0.858. The van der Waals surface area contributed by atoms with Crippen LogP contribution in [0.4, 0.5) is 0 Å². The highest BCUT2D eigenvalue weighted by Gasteiger charge is 2.46. The molecule has 0 saturated carbocycles. The molecule has 3 fully saturated rings. The number of fused-ring (bicyclic) bond motifs is 3. The molecule has 0 amide bonds. The van der Waals surface area contributed by atoms with Gasteiger partial charge in [-0.3, -0.25) is 9.89 Å². The number of benzene rings is 3. The largest absolute Gasteiger partial charge is 0.297 e. The van der Waals surface area contributed by atoms with Gasteiger partial charge >= 0.3 is 0 Å². The summed E-state index contributed by atoms with van der Waals surface area (Å²) in [4.78, 5) is 7.83. The zero-order valence-corrected chi connectivity index (χ0v) is 18.9. The van der Waals surface area contributed by atoms with E-state index in [0.717, 1.165) is 18.7 Å². The van der Waals surface area contributed by atoms with Crippen molar-refractivity contribution in [1.29, 1.82) is 0 Å². The van der Waals surface area contributed by atoms with Gasteiger partial charge in [0, 0.05) is 23.7 Å². The lowest BCUT2D eigenvalue weighted by Crippen LogP contribution is -2.59. The smallest absolute Gasteiger partial charge is 0.0693 e. The maximum absolute atomic E-state index is 6.43. The lowest BCUT2D eigenvalue weighted by Gasteiger charge is -2.52. The maximum atomic E-state index is 6.43. The van der Waals surface area contributed by atoms with Gasteiger partial charge in [0.2, 0.25) is 0 Å². The van der Waals surface area contributed by atoms with E-state index >= 15 is 0 Å². The molecule has 4 heteroatoms. The van der Waals surface area contributed by atoms with E-state index in [1.54, 1.807) is 0 Å². The molecule has 158 valence electrons. The predicted octanol–water partition coefficient (Wildman–Crippen LogP) is 6.71. The number of piperidine rings is 3. The van der Waals surface area contributed by atoms with Crippen LogP contribution in [0.5, 0.6) is 0 Å². The number of halogens is 2. The molecule has 3 aliphatic rings. The molecule has 6 rings (SSSR count). The average Bonchev–Trinajstić information content (AvgIpc) is 2.82. The lowest BCUT2D eigenvalue weighted by molar-refractivity contribution is 0.0215. The minimum Gasteiger partial charge on any atom is -0.297 e. The van der Waals surface area contributed by atoms with Gasteiger partial charge in [0.15, 0.2) is 0 Å². The van der Waals surface area contributed by atoms with Crippen LogP contribution in [0.3, 0.4) is 0 Å². The van der Waals surface area contributed by atoms with Crippen molar-refractivity contribution in [3.8, 4) is 0 Å². The Morgan fingerprint density at radius 3 is 1.87 bits per heavy atom. The Bertz CT molecular complexity index is 984.